The van der Waals surface area contributed by atoms with Crippen molar-refractivity contribution in [3.05, 3.63) is 30.1 Å². The normalized spacial score (nSPS) is 27.0. The number of hydrogen-bond donors (Lipinski definition) is 2. The largest absolute Gasteiger partial charge is 0.364 e. The lowest BCUT2D eigenvalue weighted by atomic mass is 10.1. The van der Waals surface area contributed by atoms with Gasteiger partial charge < -0.3 is 20.3 Å². The van der Waals surface area contributed by atoms with Crippen molar-refractivity contribution in [2.45, 2.75) is 31.2 Å². The number of amides is 1. The molecule has 1 aromatic heterocycles. The summed E-state index contributed by atoms with van der Waals surface area (Å²) in [5.74, 6) is -0.325. The van der Waals surface area contributed by atoms with Crippen LogP contribution in [0.2, 0.25) is 0 Å². The van der Waals surface area contributed by atoms with Crippen LogP contribution in [-0.2, 0) is 9.53 Å². The van der Waals surface area contributed by atoms with Gasteiger partial charge >= 0.3 is 0 Å². The van der Waals surface area contributed by atoms with E-state index in [2.05, 4.69) is 26.7 Å². The summed E-state index contributed by atoms with van der Waals surface area (Å²) >= 11 is 0. The predicted octanol–water partition coefficient (Wildman–Crippen LogP) is 0.913. The van der Waals surface area contributed by atoms with Gasteiger partial charge in [-0.3, -0.25) is 14.8 Å². The van der Waals surface area contributed by atoms with E-state index in [9.17, 15) is 14.4 Å². The van der Waals surface area contributed by atoms with E-state index < -0.39 is 11.8 Å². The molecule has 0 spiro atoms. The van der Waals surface area contributed by atoms with Gasteiger partial charge in [-0.15, -0.1) is 0 Å². The van der Waals surface area contributed by atoms with Crippen molar-refractivity contribution in [2.75, 3.05) is 37.6 Å². The molecule has 0 aliphatic carbocycles. The Labute approximate surface area is 168 Å². The first-order valence-corrected chi connectivity index (χ1v) is 9.71. The number of morpholine rings is 1. The van der Waals surface area contributed by atoms with Crippen molar-refractivity contribution in [1.82, 2.24) is 20.6 Å². The van der Waals surface area contributed by atoms with Crippen LogP contribution in [0.4, 0.5) is 10.1 Å². The summed E-state index contributed by atoms with van der Waals surface area (Å²) in [5.41, 5.74) is 0.974. The molecule has 0 radical (unpaired) electrons. The lowest BCUT2D eigenvalue weighted by Crippen LogP contribution is -2.54. The van der Waals surface area contributed by atoms with Gasteiger partial charge in [0.25, 0.3) is 5.91 Å². The molecule has 2 N–H and O–H groups in total. The van der Waals surface area contributed by atoms with Gasteiger partial charge in [-0.25, -0.2) is 4.39 Å². The molecular formula is C20H23FN6O2. The number of benzene rings is 1. The Morgan fingerprint density at radius 3 is 2.93 bits per heavy atom. The quantitative estimate of drug-likeness (QED) is 0.789. The van der Waals surface area contributed by atoms with Crippen LogP contribution in [-0.4, -0.2) is 66.5 Å². The van der Waals surface area contributed by atoms with Gasteiger partial charge in [0.05, 0.1) is 30.4 Å². The van der Waals surface area contributed by atoms with Gasteiger partial charge in [0, 0.05) is 25.5 Å². The molecule has 8 nitrogen and oxygen atoms in total. The third-order valence-electron chi connectivity index (χ3n) is 5.39. The fourth-order valence-electron chi connectivity index (χ4n) is 3.90. The van der Waals surface area contributed by atoms with Crippen LogP contribution in [0.15, 0.2) is 24.5 Å². The molecule has 2 fully saturated rings. The third-order valence-corrected chi connectivity index (χ3v) is 5.39. The maximum Gasteiger partial charge on any atom is 0.251 e. The summed E-state index contributed by atoms with van der Waals surface area (Å²) in [6.07, 6.45) is 2.60. The molecule has 0 bridgehead atoms. The highest BCUT2D eigenvalue weighted by Crippen LogP contribution is 2.29. The minimum atomic E-state index is -1.41. The van der Waals surface area contributed by atoms with E-state index in [0.29, 0.717) is 42.7 Å². The van der Waals surface area contributed by atoms with Gasteiger partial charge in [0.1, 0.15) is 22.8 Å². The van der Waals surface area contributed by atoms with E-state index >= 15 is 0 Å². The summed E-state index contributed by atoms with van der Waals surface area (Å²) in [7, 11) is 0. The fourth-order valence-corrected chi connectivity index (χ4v) is 3.90. The molecule has 4 rings (SSSR count). The molecule has 2 unspecified atom stereocenters. The maximum absolute atomic E-state index is 14.5. The third kappa shape index (κ3) is 3.99. The number of nitrogens with one attached hydrogen (secondary N) is 2. The van der Waals surface area contributed by atoms with E-state index in [4.69, 9.17) is 4.74 Å². The minimum absolute atomic E-state index is 0.0294. The van der Waals surface area contributed by atoms with Crippen molar-refractivity contribution in [3.8, 4) is 6.07 Å². The highest BCUT2D eigenvalue weighted by atomic mass is 19.1. The van der Waals surface area contributed by atoms with Crippen molar-refractivity contribution < 1.29 is 13.9 Å². The summed E-state index contributed by atoms with van der Waals surface area (Å²) in [5, 5.41) is 15.0. The Kier molecular flexibility index (Phi) is 5.30. The van der Waals surface area contributed by atoms with Crippen LogP contribution in [0.5, 0.6) is 0 Å². The highest BCUT2D eigenvalue weighted by molar-refractivity contribution is 5.92. The lowest BCUT2D eigenvalue weighted by Gasteiger charge is -2.38. The number of hydrogen-bond acceptors (Lipinski definition) is 7. The Morgan fingerprint density at radius 1 is 1.41 bits per heavy atom. The Hall–Kier alpha value is -2.83. The second-order valence-corrected chi connectivity index (χ2v) is 7.63. The molecule has 2 saturated heterocycles. The molecule has 2 aliphatic rings. The number of aromatic nitrogens is 2. The number of nitriles is 1. The number of anilines is 1. The first kappa shape index (κ1) is 19.5. The summed E-state index contributed by atoms with van der Waals surface area (Å²) < 4.78 is 20.4. The van der Waals surface area contributed by atoms with E-state index in [1.54, 1.807) is 18.5 Å². The van der Waals surface area contributed by atoms with Crippen LogP contribution in [0.1, 0.15) is 18.9 Å². The van der Waals surface area contributed by atoms with Gasteiger partial charge in [-0.1, -0.05) is 0 Å². The van der Waals surface area contributed by atoms with Crippen LogP contribution < -0.4 is 15.5 Å². The first-order chi connectivity index (χ1) is 14.0. The second kappa shape index (κ2) is 7.89. The average Bonchev–Trinajstić information content (AvgIpc) is 3.17. The van der Waals surface area contributed by atoms with Gasteiger partial charge in [-0.2, -0.15) is 5.26 Å². The first-order valence-electron chi connectivity index (χ1n) is 9.71. The number of fused-ring (bicyclic) bond motifs is 1. The van der Waals surface area contributed by atoms with Crippen LogP contribution in [0.25, 0.3) is 11.0 Å². The Balaban J connectivity index is 1.53. The minimum Gasteiger partial charge on any atom is -0.364 e. The maximum atomic E-state index is 14.5. The van der Waals surface area contributed by atoms with E-state index in [-0.39, 0.29) is 25.1 Å². The molecule has 152 valence electrons. The molecule has 3 atom stereocenters. The van der Waals surface area contributed by atoms with Crippen molar-refractivity contribution in [3.63, 3.8) is 0 Å². The molecule has 2 aliphatic heterocycles. The summed E-state index contributed by atoms with van der Waals surface area (Å²) in [6, 6.07) is 5.66. The number of rotatable bonds is 4. The van der Waals surface area contributed by atoms with Crippen LogP contribution in [0.3, 0.4) is 0 Å². The zero-order chi connectivity index (χ0) is 20.4. The number of carbonyl (C=O) groups excluding carboxylic acids is 1. The molecule has 2 aromatic rings. The molecule has 3 heterocycles. The molecule has 1 amide bonds. The topological polar surface area (TPSA) is 103 Å². The Morgan fingerprint density at radius 2 is 2.21 bits per heavy atom. The number of carbonyl (C=O) groups is 1. The Bertz CT molecular complexity index is 956. The molecule has 1 aromatic carbocycles. The molecule has 9 heteroatoms. The fraction of sp³-hybridized carbons (Fsp3) is 0.500. The van der Waals surface area contributed by atoms with Gasteiger partial charge in [0.15, 0.2) is 6.10 Å². The molecule has 29 heavy (non-hydrogen) atoms. The smallest absolute Gasteiger partial charge is 0.251 e. The van der Waals surface area contributed by atoms with Crippen molar-refractivity contribution >= 4 is 22.6 Å². The molecule has 0 saturated carbocycles. The predicted molar refractivity (Wildman–Crippen MR) is 105 cm³/mol. The summed E-state index contributed by atoms with van der Waals surface area (Å²) in [6.45, 7) is 3.60. The highest BCUT2D eigenvalue weighted by Gasteiger charge is 2.36. The number of alkyl halides is 1. The van der Waals surface area contributed by atoms with Gasteiger partial charge in [0.2, 0.25) is 0 Å². The number of halogens is 1. The number of ether oxygens (including phenoxy) is 1. The monoisotopic (exact) mass is 398 g/mol. The van der Waals surface area contributed by atoms with Crippen molar-refractivity contribution in [2.24, 2.45) is 0 Å². The van der Waals surface area contributed by atoms with E-state index in [0.717, 1.165) is 5.69 Å². The standard InChI is InChI=1S/C20H23FN6O2/c1-13-9-27(15-3-2-14(8-22)17-18(15)25-7-6-24-17)10-16(29-13)19(28)26-12-20(21)4-5-23-11-20/h2-3,6-7,13,16,23H,4-5,9-12H2,1H3,(H,26,28)/t13?,16?,20-/m1/s1. The molecular weight excluding hydrogens is 375 g/mol. The number of nitrogens with zero attached hydrogens (tertiary/aromatic N) is 4. The van der Waals surface area contributed by atoms with E-state index in [1.165, 1.54) is 0 Å². The van der Waals surface area contributed by atoms with Crippen molar-refractivity contribution in [1.29, 1.82) is 5.26 Å². The van der Waals surface area contributed by atoms with Gasteiger partial charge in [-0.05, 0) is 32.0 Å². The van der Waals surface area contributed by atoms with Crippen LogP contribution in [0, 0.1) is 11.3 Å². The SMILES string of the molecule is CC1CN(c2ccc(C#N)c3nccnc23)CC(C(=O)NC[C@@]2(F)CCNC2)O1. The zero-order valence-electron chi connectivity index (χ0n) is 16.2. The van der Waals surface area contributed by atoms with E-state index in [1.807, 2.05) is 17.9 Å². The lowest BCUT2D eigenvalue weighted by molar-refractivity contribution is -0.137. The zero-order valence-corrected chi connectivity index (χ0v) is 16.2. The average molecular weight is 398 g/mol. The summed E-state index contributed by atoms with van der Waals surface area (Å²) in [4.78, 5) is 23.4. The second-order valence-electron chi connectivity index (χ2n) is 7.63. The van der Waals surface area contributed by atoms with Crippen LogP contribution >= 0.6 is 0 Å².